The van der Waals surface area contributed by atoms with E-state index in [0.29, 0.717) is 5.92 Å². The standard InChI is InChI=1S/C12H18N2O3/c1-3-8-7-11(17-9(8)4-2)14-6-5-10(15)13-12(14)16/h5-6,8-9,11H,3-4,7H2,1-2H3,(H,13,15,16)/t8-,9-,11-/m1/s1. The van der Waals surface area contributed by atoms with Crippen molar-refractivity contribution in [3.63, 3.8) is 0 Å². The van der Waals surface area contributed by atoms with E-state index in [0.717, 1.165) is 19.3 Å². The van der Waals surface area contributed by atoms with Gasteiger partial charge in [0.25, 0.3) is 5.56 Å². The molecule has 1 aromatic heterocycles. The Morgan fingerprint density at radius 2 is 2.18 bits per heavy atom. The summed E-state index contributed by atoms with van der Waals surface area (Å²) in [6.45, 7) is 4.22. The van der Waals surface area contributed by atoms with Crippen molar-refractivity contribution >= 4 is 0 Å². The number of rotatable bonds is 3. The number of hydrogen-bond acceptors (Lipinski definition) is 3. The highest BCUT2D eigenvalue weighted by Crippen LogP contribution is 2.35. The zero-order valence-corrected chi connectivity index (χ0v) is 10.2. The molecule has 1 aliphatic heterocycles. The summed E-state index contributed by atoms with van der Waals surface area (Å²) in [7, 11) is 0. The van der Waals surface area contributed by atoms with E-state index in [2.05, 4.69) is 18.8 Å². The molecular weight excluding hydrogens is 220 g/mol. The van der Waals surface area contributed by atoms with Crippen LogP contribution in [0.1, 0.15) is 39.3 Å². The molecule has 0 aliphatic carbocycles. The van der Waals surface area contributed by atoms with Gasteiger partial charge in [-0.3, -0.25) is 14.3 Å². The van der Waals surface area contributed by atoms with Crippen LogP contribution in [0.3, 0.4) is 0 Å². The van der Waals surface area contributed by atoms with Crippen molar-refractivity contribution in [2.24, 2.45) is 5.92 Å². The molecule has 2 rings (SSSR count). The Kier molecular flexibility index (Phi) is 3.47. The fourth-order valence-electron chi connectivity index (χ4n) is 2.47. The van der Waals surface area contributed by atoms with Crippen LogP contribution in [0, 0.1) is 5.92 Å². The summed E-state index contributed by atoms with van der Waals surface area (Å²) in [6.07, 6.45) is 4.32. The first-order valence-corrected chi connectivity index (χ1v) is 6.12. The van der Waals surface area contributed by atoms with E-state index >= 15 is 0 Å². The second-order valence-corrected chi connectivity index (χ2v) is 4.46. The molecule has 3 atom stereocenters. The molecule has 1 N–H and O–H groups in total. The van der Waals surface area contributed by atoms with Gasteiger partial charge in [0.05, 0.1) is 6.10 Å². The van der Waals surface area contributed by atoms with E-state index in [1.807, 2.05) is 0 Å². The Morgan fingerprint density at radius 1 is 1.41 bits per heavy atom. The summed E-state index contributed by atoms with van der Waals surface area (Å²) in [6, 6.07) is 1.35. The largest absolute Gasteiger partial charge is 0.354 e. The molecule has 0 saturated carbocycles. The number of nitrogens with one attached hydrogen (secondary N) is 1. The number of hydrogen-bond donors (Lipinski definition) is 1. The van der Waals surface area contributed by atoms with Crippen LogP contribution >= 0.6 is 0 Å². The lowest BCUT2D eigenvalue weighted by Crippen LogP contribution is -2.31. The lowest BCUT2D eigenvalue weighted by Gasteiger charge is -2.15. The van der Waals surface area contributed by atoms with Gasteiger partial charge in [-0.1, -0.05) is 20.3 Å². The molecule has 0 unspecified atom stereocenters. The number of aromatic nitrogens is 2. The molecule has 17 heavy (non-hydrogen) atoms. The summed E-state index contributed by atoms with van der Waals surface area (Å²) in [5, 5.41) is 0. The van der Waals surface area contributed by atoms with Gasteiger partial charge in [0.15, 0.2) is 0 Å². The zero-order chi connectivity index (χ0) is 12.4. The smallest absolute Gasteiger partial charge is 0.330 e. The molecule has 0 bridgehead atoms. The molecular formula is C12H18N2O3. The lowest BCUT2D eigenvalue weighted by atomic mass is 9.96. The molecule has 2 heterocycles. The third-order valence-electron chi connectivity index (χ3n) is 3.45. The molecule has 0 aromatic carbocycles. The van der Waals surface area contributed by atoms with E-state index in [1.54, 1.807) is 0 Å². The zero-order valence-electron chi connectivity index (χ0n) is 10.2. The summed E-state index contributed by atoms with van der Waals surface area (Å²) in [5.41, 5.74) is -0.766. The lowest BCUT2D eigenvalue weighted by molar-refractivity contribution is -0.00891. The van der Waals surface area contributed by atoms with Gasteiger partial charge in [-0.2, -0.15) is 0 Å². The first-order chi connectivity index (χ1) is 8.15. The summed E-state index contributed by atoms with van der Waals surface area (Å²) in [5.74, 6) is 0.490. The van der Waals surface area contributed by atoms with Gasteiger partial charge in [-0.15, -0.1) is 0 Å². The summed E-state index contributed by atoms with van der Waals surface area (Å²) >= 11 is 0. The van der Waals surface area contributed by atoms with Crippen molar-refractivity contribution in [2.75, 3.05) is 0 Å². The van der Waals surface area contributed by atoms with Crippen molar-refractivity contribution < 1.29 is 4.74 Å². The highest BCUT2D eigenvalue weighted by molar-refractivity contribution is 4.87. The highest BCUT2D eigenvalue weighted by Gasteiger charge is 2.34. The maximum Gasteiger partial charge on any atom is 0.330 e. The minimum Gasteiger partial charge on any atom is -0.354 e. The second kappa shape index (κ2) is 4.87. The summed E-state index contributed by atoms with van der Waals surface area (Å²) in [4.78, 5) is 24.9. The first kappa shape index (κ1) is 12.1. The highest BCUT2D eigenvalue weighted by atomic mass is 16.5. The SMILES string of the molecule is CC[C@@H]1C[C@H](n2ccc(=O)[nH]c2=O)O[C@@H]1CC. The number of H-pyrrole nitrogens is 1. The molecule has 0 radical (unpaired) electrons. The van der Waals surface area contributed by atoms with Gasteiger partial charge in [0.2, 0.25) is 0 Å². The third kappa shape index (κ3) is 2.34. The Balaban J connectivity index is 2.25. The normalized spacial score (nSPS) is 28.5. The maximum absolute atomic E-state index is 11.6. The van der Waals surface area contributed by atoms with Gasteiger partial charge in [-0.25, -0.2) is 4.79 Å². The van der Waals surface area contributed by atoms with Crippen LogP contribution in [-0.4, -0.2) is 15.7 Å². The van der Waals surface area contributed by atoms with Crippen LogP contribution in [0.5, 0.6) is 0 Å². The Bertz CT molecular complexity index is 479. The van der Waals surface area contributed by atoms with Crippen molar-refractivity contribution in [1.82, 2.24) is 9.55 Å². The van der Waals surface area contributed by atoms with E-state index in [-0.39, 0.29) is 17.9 Å². The molecule has 5 nitrogen and oxygen atoms in total. The quantitative estimate of drug-likeness (QED) is 0.862. The Labute approximate surface area is 99.4 Å². The number of aromatic amines is 1. The average Bonchev–Trinajstić information content (AvgIpc) is 2.72. The van der Waals surface area contributed by atoms with E-state index in [1.165, 1.54) is 16.8 Å². The van der Waals surface area contributed by atoms with Crippen molar-refractivity contribution in [2.45, 2.75) is 45.4 Å². The van der Waals surface area contributed by atoms with Gasteiger partial charge in [-0.05, 0) is 18.8 Å². The van der Waals surface area contributed by atoms with Gasteiger partial charge in [0, 0.05) is 12.3 Å². The molecule has 1 aliphatic rings. The molecule has 1 fully saturated rings. The Morgan fingerprint density at radius 3 is 2.71 bits per heavy atom. The topological polar surface area (TPSA) is 64.1 Å². The number of nitrogens with zero attached hydrogens (tertiary/aromatic N) is 1. The fraction of sp³-hybridized carbons (Fsp3) is 0.667. The minimum atomic E-state index is -0.394. The second-order valence-electron chi connectivity index (χ2n) is 4.46. The molecule has 0 amide bonds. The van der Waals surface area contributed by atoms with Crippen LogP contribution in [-0.2, 0) is 4.74 Å². The van der Waals surface area contributed by atoms with Gasteiger partial charge in [0.1, 0.15) is 6.23 Å². The number of ether oxygens (including phenoxy) is 1. The monoisotopic (exact) mass is 238 g/mol. The Hall–Kier alpha value is -1.36. The van der Waals surface area contributed by atoms with Crippen molar-refractivity contribution in [1.29, 1.82) is 0 Å². The predicted molar refractivity (Wildman–Crippen MR) is 63.9 cm³/mol. The molecule has 1 saturated heterocycles. The molecule has 94 valence electrons. The van der Waals surface area contributed by atoms with Gasteiger partial charge >= 0.3 is 5.69 Å². The minimum absolute atomic E-state index is 0.212. The van der Waals surface area contributed by atoms with Gasteiger partial charge < -0.3 is 4.74 Å². The van der Waals surface area contributed by atoms with Crippen LogP contribution in [0.4, 0.5) is 0 Å². The molecule has 1 aromatic rings. The van der Waals surface area contributed by atoms with Crippen LogP contribution in [0.2, 0.25) is 0 Å². The van der Waals surface area contributed by atoms with E-state index < -0.39 is 5.69 Å². The van der Waals surface area contributed by atoms with Crippen molar-refractivity contribution in [3.8, 4) is 0 Å². The van der Waals surface area contributed by atoms with Crippen LogP contribution in [0.25, 0.3) is 0 Å². The van der Waals surface area contributed by atoms with E-state index in [9.17, 15) is 9.59 Å². The third-order valence-corrected chi connectivity index (χ3v) is 3.45. The molecule has 0 spiro atoms. The molecule has 5 heteroatoms. The van der Waals surface area contributed by atoms with Crippen molar-refractivity contribution in [3.05, 3.63) is 33.1 Å². The average molecular weight is 238 g/mol. The van der Waals surface area contributed by atoms with E-state index in [4.69, 9.17) is 4.74 Å². The van der Waals surface area contributed by atoms with Crippen LogP contribution in [0.15, 0.2) is 21.9 Å². The fourth-order valence-corrected chi connectivity index (χ4v) is 2.47. The predicted octanol–water partition coefficient (Wildman–Crippen LogP) is 1.26. The van der Waals surface area contributed by atoms with Crippen LogP contribution < -0.4 is 11.2 Å². The maximum atomic E-state index is 11.6. The summed E-state index contributed by atoms with van der Waals surface area (Å²) < 4.78 is 7.33. The first-order valence-electron chi connectivity index (χ1n) is 6.12.